The zero-order valence-electron chi connectivity index (χ0n) is 19.4. The molecule has 0 aliphatic carbocycles. The molecule has 0 amide bonds. The Morgan fingerprint density at radius 3 is 1.97 bits per heavy atom. The first kappa shape index (κ1) is 25.4. The SMILES string of the molecule is COC(=O)CCCCOC1O[C@@H](C)[C@H](OC(=O)c2ccccc2)C[C@H]1OC(=O)c1ccccc1. The first-order chi connectivity index (χ1) is 16.5. The number of unbranched alkanes of at least 4 members (excludes halogenated alkanes) is 1. The van der Waals surface area contributed by atoms with Crippen molar-refractivity contribution in [1.29, 1.82) is 0 Å². The van der Waals surface area contributed by atoms with Crippen molar-refractivity contribution in [2.45, 2.75) is 57.2 Å². The first-order valence-corrected chi connectivity index (χ1v) is 11.3. The quantitative estimate of drug-likeness (QED) is 0.293. The number of hydrogen-bond donors (Lipinski definition) is 0. The van der Waals surface area contributed by atoms with Crippen molar-refractivity contribution in [3.05, 3.63) is 71.8 Å². The Bertz CT molecular complexity index is 930. The van der Waals surface area contributed by atoms with Gasteiger partial charge in [0.05, 0.1) is 24.3 Å². The van der Waals surface area contributed by atoms with E-state index in [1.54, 1.807) is 55.5 Å². The molecular formula is C26H30O8. The molecule has 1 saturated heterocycles. The van der Waals surface area contributed by atoms with Gasteiger partial charge in [0.2, 0.25) is 0 Å². The van der Waals surface area contributed by atoms with Crippen LogP contribution < -0.4 is 0 Å². The van der Waals surface area contributed by atoms with Gasteiger partial charge in [-0.05, 0) is 44.0 Å². The molecule has 1 heterocycles. The Morgan fingerprint density at radius 2 is 1.41 bits per heavy atom. The molecule has 34 heavy (non-hydrogen) atoms. The zero-order chi connectivity index (χ0) is 24.3. The number of methoxy groups -OCH3 is 1. The van der Waals surface area contributed by atoms with Gasteiger partial charge in [-0.2, -0.15) is 0 Å². The van der Waals surface area contributed by atoms with E-state index in [9.17, 15) is 14.4 Å². The summed E-state index contributed by atoms with van der Waals surface area (Å²) in [5.41, 5.74) is 0.826. The second kappa shape index (κ2) is 12.9. The zero-order valence-corrected chi connectivity index (χ0v) is 19.4. The molecule has 0 radical (unpaired) electrons. The molecule has 4 atom stereocenters. The smallest absolute Gasteiger partial charge is 0.338 e. The minimum Gasteiger partial charge on any atom is -0.469 e. The lowest BCUT2D eigenvalue weighted by atomic mass is 10.0. The van der Waals surface area contributed by atoms with Gasteiger partial charge in [-0.1, -0.05) is 36.4 Å². The molecule has 8 nitrogen and oxygen atoms in total. The lowest BCUT2D eigenvalue weighted by Crippen LogP contribution is -2.50. The van der Waals surface area contributed by atoms with Gasteiger partial charge in [0.1, 0.15) is 6.10 Å². The van der Waals surface area contributed by atoms with Crippen molar-refractivity contribution >= 4 is 17.9 Å². The Morgan fingerprint density at radius 1 is 0.853 bits per heavy atom. The molecule has 3 rings (SSSR count). The van der Waals surface area contributed by atoms with Crippen LogP contribution in [0.25, 0.3) is 0 Å². The second-order valence-corrected chi connectivity index (χ2v) is 7.97. The predicted molar refractivity (Wildman–Crippen MR) is 122 cm³/mol. The Hall–Kier alpha value is -3.23. The van der Waals surface area contributed by atoms with E-state index in [4.69, 9.17) is 18.9 Å². The second-order valence-electron chi connectivity index (χ2n) is 7.97. The van der Waals surface area contributed by atoms with Gasteiger partial charge in [-0.15, -0.1) is 0 Å². The first-order valence-electron chi connectivity index (χ1n) is 11.3. The topological polar surface area (TPSA) is 97.4 Å². The van der Waals surface area contributed by atoms with Crippen LogP contribution in [0.5, 0.6) is 0 Å². The molecule has 1 aliphatic heterocycles. The largest absolute Gasteiger partial charge is 0.469 e. The molecule has 0 N–H and O–H groups in total. The molecule has 1 fully saturated rings. The van der Waals surface area contributed by atoms with Crippen molar-refractivity contribution < 1.29 is 38.1 Å². The molecule has 0 aromatic heterocycles. The van der Waals surface area contributed by atoms with Crippen LogP contribution in [0, 0.1) is 0 Å². The summed E-state index contributed by atoms with van der Waals surface area (Å²) in [6.45, 7) is 2.09. The third-order valence-corrected chi connectivity index (χ3v) is 5.46. The standard InChI is InChI=1S/C26H30O8/c1-18-21(33-24(28)19-11-5-3-6-12-19)17-22(34-25(29)20-13-7-4-8-14-20)26(32-18)31-16-10-9-15-23(27)30-2/h3-8,11-14,18,21-22,26H,9-10,15-17H2,1-2H3/t18-,21+,22+,26?/m0/s1. The molecule has 182 valence electrons. The van der Waals surface area contributed by atoms with E-state index in [1.807, 2.05) is 12.1 Å². The fourth-order valence-electron chi connectivity index (χ4n) is 3.55. The number of carbonyl (C=O) groups excluding carboxylic acids is 3. The summed E-state index contributed by atoms with van der Waals surface area (Å²) in [7, 11) is 1.35. The highest BCUT2D eigenvalue weighted by Crippen LogP contribution is 2.27. The van der Waals surface area contributed by atoms with Crippen molar-refractivity contribution in [2.24, 2.45) is 0 Å². The maximum atomic E-state index is 12.7. The molecule has 2 aromatic rings. The van der Waals surface area contributed by atoms with Gasteiger partial charge in [0, 0.05) is 19.4 Å². The van der Waals surface area contributed by atoms with Crippen LogP contribution in [0.2, 0.25) is 0 Å². The number of hydrogen-bond acceptors (Lipinski definition) is 8. The number of carbonyl (C=O) groups is 3. The summed E-state index contributed by atoms with van der Waals surface area (Å²) in [6, 6.07) is 17.3. The molecule has 0 saturated carbocycles. The highest BCUT2D eigenvalue weighted by Gasteiger charge is 2.41. The molecule has 0 spiro atoms. The van der Waals surface area contributed by atoms with Gasteiger partial charge in [-0.3, -0.25) is 4.79 Å². The van der Waals surface area contributed by atoms with Gasteiger partial charge in [-0.25, -0.2) is 9.59 Å². The van der Waals surface area contributed by atoms with E-state index < -0.39 is 36.5 Å². The number of esters is 3. The molecular weight excluding hydrogens is 440 g/mol. The van der Waals surface area contributed by atoms with E-state index in [2.05, 4.69) is 4.74 Å². The maximum absolute atomic E-state index is 12.7. The lowest BCUT2D eigenvalue weighted by molar-refractivity contribution is -0.260. The van der Waals surface area contributed by atoms with E-state index in [1.165, 1.54) is 7.11 Å². The van der Waals surface area contributed by atoms with Gasteiger partial charge in [0.15, 0.2) is 12.4 Å². The fourth-order valence-corrected chi connectivity index (χ4v) is 3.55. The van der Waals surface area contributed by atoms with E-state index in [0.29, 0.717) is 37.0 Å². The van der Waals surface area contributed by atoms with Crippen molar-refractivity contribution in [1.82, 2.24) is 0 Å². The minimum absolute atomic E-state index is 0.227. The van der Waals surface area contributed by atoms with E-state index >= 15 is 0 Å². The summed E-state index contributed by atoms with van der Waals surface area (Å²) < 4.78 is 27.9. The summed E-state index contributed by atoms with van der Waals surface area (Å²) >= 11 is 0. The number of benzene rings is 2. The summed E-state index contributed by atoms with van der Waals surface area (Å²) in [4.78, 5) is 36.5. The van der Waals surface area contributed by atoms with Gasteiger partial charge < -0.3 is 23.7 Å². The molecule has 2 aromatic carbocycles. The lowest BCUT2D eigenvalue weighted by Gasteiger charge is -2.39. The van der Waals surface area contributed by atoms with E-state index in [-0.39, 0.29) is 12.4 Å². The number of ether oxygens (including phenoxy) is 5. The van der Waals surface area contributed by atoms with Crippen molar-refractivity contribution in [3.8, 4) is 0 Å². The molecule has 8 heteroatoms. The van der Waals surface area contributed by atoms with Crippen molar-refractivity contribution in [3.63, 3.8) is 0 Å². The van der Waals surface area contributed by atoms with Gasteiger partial charge >= 0.3 is 17.9 Å². The Balaban J connectivity index is 1.63. The summed E-state index contributed by atoms with van der Waals surface area (Å²) in [5.74, 6) is -1.27. The van der Waals surface area contributed by atoms with Crippen LogP contribution in [-0.4, -0.2) is 56.2 Å². The van der Waals surface area contributed by atoms with Crippen LogP contribution in [-0.2, 0) is 28.5 Å². The van der Waals surface area contributed by atoms with Crippen LogP contribution in [0.4, 0.5) is 0 Å². The normalized spacial score (nSPS) is 21.9. The highest BCUT2D eigenvalue weighted by molar-refractivity contribution is 5.90. The third-order valence-electron chi connectivity index (χ3n) is 5.46. The number of rotatable bonds is 10. The Labute approximate surface area is 199 Å². The predicted octanol–water partition coefficient (Wildman–Crippen LogP) is 3.93. The van der Waals surface area contributed by atoms with Crippen LogP contribution in [0.1, 0.15) is 53.3 Å². The highest BCUT2D eigenvalue weighted by atomic mass is 16.7. The fraction of sp³-hybridized carbons (Fsp3) is 0.423. The van der Waals surface area contributed by atoms with Crippen molar-refractivity contribution in [2.75, 3.05) is 13.7 Å². The van der Waals surface area contributed by atoms with Crippen LogP contribution in [0.15, 0.2) is 60.7 Å². The average molecular weight is 471 g/mol. The molecule has 1 unspecified atom stereocenters. The Kier molecular flexibility index (Phi) is 9.61. The monoisotopic (exact) mass is 470 g/mol. The maximum Gasteiger partial charge on any atom is 0.338 e. The van der Waals surface area contributed by atoms with Crippen LogP contribution >= 0.6 is 0 Å². The molecule has 0 bridgehead atoms. The van der Waals surface area contributed by atoms with Crippen LogP contribution in [0.3, 0.4) is 0 Å². The van der Waals surface area contributed by atoms with Gasteiger partial charge in [0.25, 0.3) is 0 Å². The molecule has 1 aliphatic rings. The average Bonchev–Trinajstić information content (AvgIpc) is 2.87. The van der Waals surface area contributed by atoms with E-state index in [0.717, 1.165) is 0 Å². The minimum atomic E-state index is -0.826. The summed E-state index contributed by atoms with van der Waals surface area (Å²) in [6.07, 6.45) is -0.974. The summed E-state index contributed by atoms with van der Waals surface area (Å²) in [5, 5.41) is 0. The third kappa shape index (κ3) is 7.40.